The van der Waals surface area contributed by atoms with Crippen molar-refractivity contribution in [1.29, 1.82) is 0 Å². The predicted octanol–water partition coefficient (Wildman–Crippen LogP) is 0.983. The summed E-state index contributed by atoms with van der Waals surface area (Å²) in [7, 11) is 0. The Labute approximate surface area is 75.6 Å². The molecule has 0 aliphatic heterocycles. The van der Waals surface area contributed by atoms with E-state index in [9.17, 15) is 4.79 Å². The van der Waals surface area contributed by atoms with E-state index in [-0.39, 0.29) is 11.8 Å². The number of rotatable bonds is 3. The van der Waals surface area contributed by atoms with Crippen LogP contribution in [0.4, 0.5) is 0 Å². The number of aromatic nitrogens is 2. The first-order valence-corrected chi connectivity index (χ1v) is 4.22. The third-order valence-corrected chi connectivity index (χ3v) is 2.38. The summed E-state index contributed by atoms with van der Waals surface area (Å²) in [6.07, 6.45) is 5.25. The Morgan fingerprint density at radius 3 is 2.54 bits per heavy atom. The van der Waals surface area contributed by atoms with Crippen molar-refractivity contribution in [1.82, 2.24) is 9.97 Å². The quantitative estimate of drug-likeness (QED) is 0.749. The lowest BCUT2D eigenvalue weighted by molar-refractivity contribution is -0.137. The molecule has 1 heterocycles. The van der Waals surface area contributed by atoms with Gasteiger partial charge in [0.15, 0.2) is 0 Å². The van der Waals surface area contributed by atoms with Gasteiger partial charge in [0.2, 0.25) is 0 Å². The van der Waals surface area contributed by atoms with Gasteiger partial charge in [0, 0.05) is 17.8 Å². The molecule has 68 valence electrons. The Morgan fingerprint density at radius 1 is 1.46 bits per heavy atom. The van der Waals surface area contributed by atoms with Crippen LogP contribution in [0.3, 0.4) is 0 Å². The highest BCUT2D eigenvalue weighted by atomic mass is 16.4. The summed E-state index contributed by atoms with van der Waals surface area (Å²) in [6.45, 7) is 0. The summed E-state index contributed by atoms with van der Waals surface area (Å²) in [5.74, 6) is -0.0950. The van der Waals surface area contributed by atoms with Crippen molar-refractivity contribution in [2.45, 2.75) is 24.7 Å². The van der Waals surface area contributed by atoms with Crippen LogP contribution in [-0.2, 0) is 10.2 Å². The summed E-state index contributed by atoms with van der Waals surface area (Å²) >= 11 is 0. The van der Waals surface area contributed by atoms with E-state index in [1.807, 2.05) is 0 Å². The van der Waals surface area contributed by atoms with Crippen LogP contribution in [0.25, 0.3) is 0 Å². The summed E-state index contributed by atoms with van der Waals surface area (Å²) < 4.78 is 0. The van der Waals surface area contributed by atoms with Gasteiger partial charge in [-0.1, -0.05) is 0 Å². The number of hydrogen-bond acceptors (Lipinski definition) is 3. The van der Waals surface area contributed by atoms with Crippen LogP contribution in [-0.4, -0.2) is 21.0 Å². The highest BCUT2D eigenvalue weighted by Gasteiger charge is 2.48. The van der Waals surface area contributed by atoms with Crippen LogP contribution in [0.1, 0.15) is 25.1 Å². The lowest BCUT2D eigenvalue weighted by atomic mass is 10.0. The Kier molecular flexibility index (Phi) is 1.76. The van der Waals surface area contributed by atoms with Crippen molar-refractivity contribution in [3.05, 3.63) is 24.3 Å². The fourth-order valence-electron chi connectivity index (χ4n) is 1.49. The lowest BCUT2D eigenvalue weighted by Gasteiger charge is -2.08. The standard InChI is InChI=1S/C9H10N2O2/c12-7(13)6-9(2-3-9)8-10-4-1-5-11-8/h1,4-5H,2-3,6H2,(H,12,13). The maximum atomic E-state index is 10.6. The highest BCUT2D eigenvalue weighted by molar-refractivity contribution is 5.69. The second kappa shape index (κ2) is 2.80. The topological polar surface area (TPSA) is 63.1 Å². The Balaban J connectivity index is 2.21. The van der Waals surface area contributed by atoms with E-state index in [2.05, 4.69) is 9.97 Å². The van der Waals surface area contributed by atoms with Gasteiger partial charge in [-0.2, -0.15) is 0 Å². The largest absolute Gasteiger partial charge is 0.481 e. The molecule has 0 aromatic carbocycles. The van der Waals surface area contributed by atoms with E-state index in [1.165, 1.54) is 0 Å². The molecule has 0 spiro atoms. The number of carboxylic acids is 1. The Hall–Kier alpha value is -1.45. The molecular weight excluding hydrogens is 168 g/mol. The number of nitrogens with zero attached hydrogens (tertiary/aromatic N) is 2. The molecule has 1 aliphatic carbocycles. The molecule has 1 N–H and O–H groups in total. The molecule has 1 fully saturated rings. The molecule has 0 unspecified atom stereocenters. The molecule has 0 radical (unpaired) electrons. The van der Waals surface area contributed by atoms with Gasteiger partial charge in [0.05, 0.1) is 6.42 Å². The molecule has 1 saturated carbocycles. The van der Waals surface area contributed by atoms with Gasteiger partial charge in [-0.25, -0.2) is 9.97 Å². The molecule has 1 aliphatic rings. The first-order valence-electron chi connectivity index (χ1n) is 4.22. The second-order valence-electron chi connectivity index (χ2n) is 3.42. The van der Waals surface area contributed by atoms with Crippen molar-refractivity contribution >= 4 is 5.97 Å². The molecule has 1 aromatic heterocycles. The van der Waals surface area contributed by atoms with E-state index in [0.717, 1.165) is 12.8 Å². The van der Waals surface area contributed by atoms with Crippen LogP contribution in [0.15, 0.2) is 18.5 Å². The summed E-state index contributed by atoms with van der Waals surface area (Å²) in [4.78, 5) is 18.8. The van der Waals surface area contributed by atoms with Crippen LogP contribution in [0, 0.1) is 0 Å². The molecule has 0 atom stereocenters. The van der Waals surface area contributed by atoms with Gasteiger partial charge in [0.25, 0.3) is 0 Å². The van der Waals surface area contributed by atoms with Crippen molar-refractivity contribution in [3.8, 4) is 0 Å². The van der Waals surface area contributed by atoms with Crippen LogP contribution in [0.5, 0.6) is 0 Å². The summed E-state index contributed by atoms with van der Waals surface area (Å²) in [5, 5.41) is 8.69. The smallest absolute Gasteiger partial charge is 0.304 e. The van der Waals surface area contributed by atoms with E-state index in [4.69, 9.17) is 5.11 Å². The molecule has 4 nitrogen and oxygen atoms in total. The Morgan fingerprint density at radius 2 is 2.08 bits per heavy atom. The first kappa shape index (κ1) is 8.16. The third kappa shape index (κ3) is 1.52. The SMILES string of the molecule is O=C(O)CC1(c2ncccn2)CC1. The van der Waals surface area contributed by atoms with Crippen LogP contribution in [0.2, 0.25) is 0 Å². The molecule has 0 amide bonds. The number of hydrogen-bond donors (Lipinski definition) is 1. The zero-order valence-electron chi connectivity index (χ0n) is 7.10. The van der Waals surface area contributed by atoms with Crippen molar-refractivity contribution < 1.29 is 9.90 Å². The van der Waals surface area contributed by atoms with Crippen LogP contribution >= 0.6 is 0 Å². The fourth-order valence-corrected chi connectivity index (χ4v) is 1.49. The minimum absolute atomic E-state index is 0.150. The Bertz CT molecular complexity index is 320. The first-order chi connectivity index (χ1) is 6.23. The average molecular weight is 178 g/mol. The number of aliphatic carboxylic acids is 1. The zero-order chi connectivity index (χ0) is 9.31. The normalized spacial score (nSPS) is 18.2. The minimum Gasteiger partial charge on any atom is -0.481 e. The van der Waals surface area contributed by atoms with Crippen molar-refractivity contribution in [3.63, 3.8) is 0 Å². The monoisotopic (exact) mass is 178 g/mol. The fraction of sp³-hybridized carbons (Fsp3) is 0.444. The van der Waals surface area contributed by atoms with Gasteiger partial charge in [0.1, 0.15) is 5.82 Å². The molecular formula is C9H10N2O2. The van der Waals surface area contributed by atoms with E-state index in [0.29, 0.717) is 5.82 Å². The molecule has 13 heavy (non-hydrogen) atoms. The van der Waals surface area contributed by atoms with E-state index >= 15 is 0 Å². The number of carboxylic acid groups (broad SMARTS) is 1. The molecule has 0 saturated heterocycles. The van der Waals surface area contributed by atoms with Gasteiger partial charge < -0.3 is 5.11 Å². The van der Waals surface area contributed by atoms with Gasteiger partial charge in [-0.3, -0.25) is 4.79 Å². The second-order valence-corrected chi connectivity index (χ2v) is 3.42. The predicted molar refractivity (Wildman–Crippen MR) is 45.2 cm³/mol. The zero-order valence-corrected chi connectivity index (χ0v) is 7.10. The number of carbonyl (C=O) groups is 1. The molecule has 1 aromatic rings. The van der Waals surface area contributed by atoms with E-state index in [1.54, 1.807) is 18.5 Å². The summed E-state index contributed by atoms with van der Waals surface area (Å²) in [5.41, 5.74) is -0.257. The minimum atomic E-state index is -0.773. The maximum absolute atomic E-state index is 10.6. The van der Waals surface area contributed by atoms with Gasteiger partial charge in [-0.05, 0) is 18.9 Å². The third-order valence-electron chi connectivity index (χ3n) is 2.38. The van der Waals surface area contributed by atoms with Gasteiger partial charge in [-0.15, -0.1) is 0 Å². The lowest BCUT2D eigenvalue weighted by Crippen LogP contribution is -2.15. The van der Waals surface area contributed by atoms with Gasteiger partial charge >= 0.3 is 5.97 Å². The van der Waals surface area contributed by atoms with Crippen molar-refractivity contribution in [2.75, 3.05) is 0 Å². The maximum Gasteiger partial charge on any atom is 0.304 e. The molecule has 0 bridgehead atoms. The summed E-state index contributed by atoms with van der Waals surface area (Å²) in [6, 6.07) is 1.74. The van der Waals surface area contributed by atoms with E-state index < -0.39 is 5.97 Å². The average Bonchev–Trinajstić information content (AvgIpc) is 2.86. The van der Waals surface area contributed by atoms with Crippen LogP contribution < -0.4 is 0 Å². The molecule has 2 rings (SSSR count). The molecule has 4 heteroatoms. The highest BCUT2D eigenvalue weighted by Crippen LogP contribution is 2.49. The van der Waals surface area contributed by atoms with Crippen molar-refractivity contribution in [2.24, 2.45) is 0 Å².